The summed E-state index contributed by atoms with van der Waals surface area (Å²) in [6.45, 7) is 2.04. The fourth-order valence-corrected chi connectivity index (χ4v) is 2.69. The Bertz CT molecular complexity index is 670. The first kappa shape index (κ1) is 17.6. The van der Waals surface area contributed by atoms with Crippen LogP contribution < -0.4 is 14.8 Å². The van der Waals surface area contributed by atoms with Gasteiger partial charge < -0.3 is 14.8 Å². The van der Waals surface area contributed by atoms with Gasteiger partial charge in [0.15, 0.2) is 11.5 Å². The van der Waals surface area contributed by atoms with Crippen LogP contribution in [0.5, 0.6) is 11.5 Å². The van der Waals surface area contributed by atoms with Crippen molar-refractivity contribution < 1.29 is 14.3 Å². The van der Waals surface area contributed by atoms with Crippen molar-refractivity contribution in [1.29, 1.82) is 0 Å². The Morgan fingerprint density at radius 2 is 1.74 bits per heavy atom. The molecule has 0 aromatic heterocycles. The quantitative estimate of drug-likeness (QED) is 0.707. The first-order valence-electron chi connectivity index (χ1n) is 7.37. The lowest BCUT2D eigenvalue weighted by molar-refractivity contribution is 0.0935. The number of methoxy groups -OCH3 is 2. The fraction of sp³-hybridized carbons (Fsp3) is 0.278. The van der Waals surface area contributed by atoms with Crippen molar-refractivity contribution in [2.24, 2.45) is 0 Å². The predicted molar refractivity (Wildman–Crippen MR) is 99.2 cm³/mol. The van der Waals surface area contributed by atoms with Gasteiger partial charge in [0.1, 0.15) is 0 Å². The van der Waals surface area contributed by atoms with Gasteiger partial charge in [-0.3, -0.25) is 4.79 Å². The third kappa shape index (κ3) is 4.37. The largest absolute Gasteiger partial charge is 0.493 e. The highest BCUT2D eigenvalue weighted by molar-refractivity contribution is 14.1. The molecule has 0 aliphatic heterocycles. The average molecular weight is 425 g/mol. The van der Waals surface area contributed by atoms with Gasteiger partial charge in [0.05, 0.1) is 20.3 Å². The minimum atomic E-state index is -0.0819. The minimum Gasteiger partial charge on any atom is -0.493 e. The van der Waals surface area contributed by atoms with E-state index in [2.05, 4.69) is 27.9 Å². The summed E-state index contributed by atoms with van der Waals surface area (Å²) in [6.07, 6.45) is 0.783. The molecule has 0 radical (unpaired) electrons. The van der Waals surface area contributed by atoms with E-state index in [0.29, 0.717) is 17.1 Å². The molecule has 5 heteroatoms. The highest BCUT2D eigenvalue weighted by Crippen LogP contribution is 2.31. The lowest BCUT2D eigenvalue weighted by Crippen LogP contribution is -2.28. The zero-order chi connectivity index (χ0) is 16.8. The van der Waals surface area contributed by atoms with E-state index in [1.807, 2.05) is 49.4 Å². The summed E-state index contributed by atoms with van der Waals surface area (Å²) < 4.78 is 11.7. The number of hydrogen-bond acceptors (Lipinski definition) is 3. The van der Waals surface area contributed by atoms with Gasteiger partial charge >= 0.3 is 0 Å². The monoisotopic (exact) mass is 425 g/mol. The number of halogens is 1. The van der Waals surface area contributed by atoms with Crippen LogP contribution in [0.1, 0.15) is 35.3 Å². The number of benzene rings is 2. The third-order valence-electron chi connectivity index (χ3n) is 3.63. The number of carbonyl (C=O) groups is 1. The van der Waals surface area contributed by atoms with Gasteiger partial charge in [0.25, 0.3) is 5.91 Å². The number of carbonyl (C=O) groups excluding carboxylic acids is 1. The van der Waals surface area contributed by atoms with Gasteiger partial charge in [-0.15, -0.1) is 0 Å². The van der Waals surface area contributed by atoms with Crippen LogP contribution in [0.15, 0.2) is 42.5 Å². The van der Waals surface area contributed by atoms with E-state index in [0.717, 1.165) is 15.6 Å². The highest BCUT2D eigenvalue weighted by atomic mass is 127. The maximum absolute atomic E-state index is 12.4. The molecular weight excluding hydrogens is 405 g/mol. The van der Waals surface area contributed by atoms with Crippen LogP contribution in [0.3, 0.4) is 0 Å². The van der Waals surface area contributed by atoms with Crippen molar-refractivity contribution in [1.82, 2.24) is 5.32 Å². The van der Waals surface area contributed by atoms with Crippen molar-refractivity contribution in [2.75, 3.05) is 14.2 Å². The number of rotatable bonds is 6. The summed E-state index contributed by atoms with van der Waals surface area (Å²) in [4.78, 5) is 12.4. The Labute approximate surface area is 150 Å². The van der Waals surface area contributed by atoms with E-state index < -0.39 is 0 Å². The molecule has 1 amide bonds. The summed E-state index contributed by atoms with van der Waals surface area (Å²) in [7, 11) is 3.21. The molecule has 0 heterocycles. The van der Waals surface area contributed by atoms with Crippen LogP contribution in [0, 0.1) is 3.57 Å². The maximum atomic E-state index is 12.4. The van der Waals surface area contributed by atoms with E-state index in [1.165, 1.54) is 0 Å². The second kappa shape index (κ2) is 8.19. The molecule has 0 spiro atoms. The summed E-state index contributed by atoms with van der Waals surface area (Å²) >= 11 is 2.22. The van der Waals surface area contributed by atoms with Gasteiger partial charge in [0.2, 0.25) is 0 Å². The van der Waals surface area contributed by atoms with E-state index in [4.69, 9.17) is 9.47 Å². The Morgan fingerprint density at radius 1 is 1.09 bits per heavy atom. The zero-order valence-corrected chi connectivity index (χ0v) is 15.6. The molecule has 0 saturated carbocycles. The molecule has 4 nitrogen and oxygen atoms in total. The van der Waals surface area contributed by atoms with Crippen LogP contribution in [-0.2, 0) is 0 Å². The summed E-state index contributed by atoms with van der Waals surface area (Å²) in [6, 6.07) is 13.1. The van der Waals surface area contributed by atoms with E-state index in [1.54, 1.807) is 14.2 Å². The van der Waals surface area contributed by atoms with Gasteiger partial charge in [-0.2, -0.15) is 0 Å². The van der Waals surface area contributed by atoms with Gasteiger partial charge in [-0.05, 0) is 71.0 Å². The lowest BCUT2D eigenvalue weighted by Gasteiger charge is -2.19. The first-order chi connectivity index (χ1) is 11.1. The molecule has 1 atom stereocenters. The third-order valence-corrected chi connectivity index (χ3v) is 4.35. The molecule has 23 heavy (non-hydrogen) atoms. The minimum absolute atomic E-state index is 0.0805. The van der Waals surface area contributed by atoms with Crippen LogP contribution in [-0.4, -0.2) is 20.1 Å². The fourth-order valence-electron chi connectivity index (χ4n) is 2.33. The number of ether oxygens (including phenoxy) is 2. The average Bonchev–Trinajstić information content (AvgIpc) is 2.59. The van der Waals surface area contributed by atoms with Crippen molar-refractivity contribution in [3.63, 3.8) is 0 Å². The number of nitrogens with one attached hydrogen (secondary N) is 1. The molecule has 122 valence electrons. The zero-order valence-electron chi connectivity index (χ0n) is 13.4. The Morgan fingerprint density at radius 3 is 2.30 bits per heavy atom. The normalized spacial score (nSPS) is 11.7. The molecule has 0 bridgehead atoms. The number of amides is 1. The van der Waals surface area contributed by atoms with Crippen LogP contribution in [0.4, 0.5) is 0 Å². The van der Waals surface area contributed by atoms with Crippen LogP contribution >= 0.6 is 22.6 Å². The standard InChI is InChI=1S/C18H20INO3/c1-4-15(13-7-10-16(22-2)17(11-13)23-3)20-18(21)12-5-8-14(19)9-6-12/h5-11,15H,4H2,1-3H3,(H,20,21)/t15-/m0/s1. The van der Waals surface area contributed by atoms with Gasteiger partial charge in [0, 0.05) is 9.13 Å². The summed E-state index contributed by atoms with van der Waals surface area (Å²) in [5.74, 6) is 1.25. The highest BCUT2D eigenvalue weighted by Gasteiger charge is 2.16. The maximum Gasteiger partial charge on any atom is 0.251 e. The van der Waals surface area contributed by atoms with Gasteiger partial charge in [-0.1, -0.05) is 13.0 Å². The van der Waals surface area contributed by atoms with Crippen molar-refractivity contribution >= 4 is 28.5 Å². The van der Waals surface area contributed by atoms with E-state index in [-0.39, 0.29) is 11.9 Å². The molecule has 0 unspecified atom stereocenters. The molecule has 2 aromatic carbocycles. The smallest absolute Gasteiger partial charge is 0.251 e. The second-order valence-electron chi connectivity index (χ2n) is 5.06. The molecule has 0 aliphatic rings. The van der Waals surface area contributed by atoms with Crippen LogP contribution in [0.25, 0.3) is 0 Å². The SMILES string of the molecule is CC[C@H](NC(=O)c1ccc(I)cc1)c1ccc(OC)c(OC)c1. The Hall–Kier alpha value is -1.76. The molecule has 2 rings (SSSR count). The van der Waals surface area contributed by atoms with Crippen molar-refractivity contribution in [3.05, 3.63) is 57.2 Å². The van der Waals surface area contributed by atoms with Crippen LogP contribution in [0.2, 0.25) is 0 Å². The van der Waals surface area contributed by atoms with Crippen molar-refractivity contribution in [3.8, 4) is 11.5 Å². The Balaban J connectivity index is 2.19. The first-order valence-corrected chi connectivity index (χ1v) is 8.45. The lowest BCUT2D eigenvalue weighted by atomic mass is 10.0. The summed E-state index contributed by atoms with van der Waals surface area (Å²) in [5.41, 5.74) is 1.65. The number of hydrogen-bond donors (Lipinski definition) is 1. The predicted octanol–water partition coefficient (Wildman–Crippen LogP) is 4.19. The topological polar surface area (TPSA) is 47.6 Å². The van der Waals surface area contributed by atoms with Gasteiger partial charge in [-0.25, -0.2) is 0 Å². The van der Waals surface area contributed by atoms with Crippen molar-refractivity contribution in [2.45, 2.75) is 19.4 Å². The molecule has 0 fully saturated rings. The molecule has 2 aromatic rings. The summed E-state index contributed by atoms with van der Waals surface area (Å²) in [5, 5.41) is 3.07. The molecule has 1 N–H and O–H groups in total. The second-order valence-corrected chi connectivity index (χ2v) is 6.30. The van der Waals surface area contributed by atoms with E-state index in [9.17, 15) is 4.79 Å². The van der Waals surface area contributed by atoms with E-state index >= 15 is 0 Å². The molecular formula is C18H20INO3. The Kier molecular flexibility index (Phi) is 6.27. The molecule has 0 saturated heterocycles. The molecule has 0 aliphatic carbocycles.